The van der Waals surface area contributed by atoms with Crippen molar-refractivity contribution in [1.82, 2.24) is 0 Å². The van der Waals surface area contributed by atoms with Crippen molar-refractivity contribution >= 4 is 23.6 Å². The minimum Gasteiger partial charge on any atom is -0.473 e. The molecule has 0 heterocycles. The lowest BCUT2D eigenvalue weighted by Gasteiger charge is -1.88. The lowest BCUT2D eigenvalue weighted by Crippen LogP contribution is -1.89. The first-order chi connectivity index (χ1) is 3.31. The van der Waals surface area contributed by atoms with Crippen LogP contribution in [-0.2, 0) is 4.74 Å². The first kappa shape index (κ1) is 6.56. The molecule has 0 aliphatic rings. The normalized spacial score (nSPS) is 9.43. The first-order valence-corrected chi connectivity index (χ1v) is 2.28. The number of rotatable bonds is 0. The molecule has 0 saturated carbocycles. The monoisotopic (exact) mass is 117 g/mol. The molecule has 0 aromatic heterocycles. The van der Waals surface area contributed by atoms with Crippen LogP contribution >= 0.6 is 12.2 Å². The third kappa shape index (κ3) is 3.39. The van der Waals surface area contributed by atoms with Crippen LogP contribution < -0.4 is 0 Å². The lowest BCUT2D eigenvalue weighted by molar-refractivity contribution is 0.409. The fourth-order valence-corrected chi connectivity index (χ4v) is 0.264. The van der Waals surface area contributed by atoms with E-state index in [2.05, 4.69) is 21.9 Å². The highest BCUT2D eigenvalue weighted by Gasteiger charge is 1.79. The molecule has 0 aromatic carbocycles. The third-order valence-electron chi connectivity index (χ3n) is 0.409. The van der Waals surface area contributed by atoms with Crippen molar-refractivity contribution in [2.75, 3.05) is 7.11 Å². The number of nitrogens with zero attached hydrogens (tertiary/aromatic N) is 1. The van der Waals surface area contributed by atoms with E-state index < -0.39 is 0 Å². The number of thiocarbonyl (C=S) groups is 1. The van der Waals surface area contributed by atoms with E-state index in [-0.39, 0.29) is 5.17 Å². The van der Waals surface area contributed by atoms with Crippen molar-refractivity contribution in [2.24, 2.45) is 4.99 Å². The summed E-state index contributed by atoms with van der Waals surface area (Å²) < 4.78 is 4.52. The maximum atomic E-state index is 4.53. The molecule has 0 aliphatic heterocycles. The van der Waals surface area contributed by atoms with E-state index in [1.807, 2.05) is 0 Å². The summed E-state index contributed by atoms with van der Waals surface area (Å²) in [6, 6.07) is 0. The molecule has 0 fully saturated rings. The fourth-order valence-electron chi connectivity index (χ4n) is 0.158. The van der Waals surface area contributed by atoms with Gasteiger partial charge in [-0.15, -0.1) is 0 Å². The summed E-state index contributed by atoms with van der Waals surface area (Å²) in [4.78, 5) is 3.63. The van der Waals surface area contributed by atoms with Gasteiger partial charge in [-0.05, 0) is 19.1 Å². The van der Waals surface area contributed by atoms with Gasteiger partial charge in [-0.2, -0.15) is 0 Å². The highest BCUT2D eigenvalue weighted by Crippen LogP contribution is 1.76. The van der Waals surface area contributed by atoms with E-state index >= 15 is 0 Å². The molecule has 0 rings (SSSR count). The summed E-state index contributed by atoms with van der Waals surface area (Å²) in [6.07, 6.45) is 1.59. The molecule has 0 radical (unpaired) electrons. The predicted octanol–water partition coefficient (Wildman–Crippen LogP) is 1.01. The summed E-state index contributed by atoms with van der Waals surface area (Å²) in [7, 11) is 1.50. The predicted molar refractivity (Wildman–Crippen MR) is 33.8 cm³/mol. The van der Waals surface area contributed by atoms with Crippen molar-refractivity contribution < 1.29 is 4.74 Å². The SMILES string of the molecule is CC=NC(=S)OC. The van der Waals surface area contributed by atoms with Gasteiger partial charge < -0.3 is 4.74 Å². The van der Waals surface area contributed by atoms with Gasteiger partial charge in [0.05, 0.1) is 7.11 Å². The van der Waals surface area contributed by atoms with Crippen molar-refractivity contribution in [1.29, 1.82) is 0 Å². The Hall–Kier alpha value is -0.440. The molecule has 0 bridgehead atoms. The molecule has 0 spiro atoms. The summed E-state index contributed by atoms with van der Waals surface area (Å²) in [5.41, 5.74) is 0. The quantitative estimate of drug-likeness (QED) is 0.349. The van der Waals surface area contributed by atoms with Crippen LogP contribution in [0.15, 0.2) is 4.99 Å². The minimum absolute atomic E-state index is 0.280. The molecule has 0 atom stereocenters. The van der Waals surface area contributed by atoms with Crippen molar-refractivity contribution in [3.63, 3.8) is 0 Å². The Morgan fingerprint density at radius 3 is 2.57 bits per heavy atom. The molecule has 0 unspecified atom stereocenters. The average Bonchev–Trinajstić information content (AvgIpc) is 1.68. The Bertz CT molecular complexity index is 89.7. The second-order valence-electron chi connectivity index (χ2n) is 0.857. The van der Waals surface area contributed by atoms with Crippen molar-refractivity contribution in [3.8, 4) is 0 Å². The van der Waals surface area contributed by atoms with Crippen LogP contribution in [0.25, 0.3) is 0 Å². The zero-order chi connectivity index (χ0) is 5.70. The van der Waals surface area contributed by atoms with Crippen LogP contribution in [0.1, 0.15) is 6.92 Å². The summed E-state index contributed by atoms with van der Waals surface area (Å²) in [5, 5.41) is 0.280. The molecule has 0 N–H and O–H groups in total. The van der Waals surface area contributed by atoms with Crippen LogP contribution in [-0.4, -0.2) is 18.5 Å². The molecule has 0 amide bonds. The van der Waals surface area contributed by atoms with Gasteiger partial charge in [-0.1, -0.05) is 0 Å². The van der Waals surface area contributed by atoms with E-state index in [0.717, 1.165) is 0 Å². The molecule has 0 aromatic rings. The fraction of sp³-hybridized carbons (Fsp3) is 0.500. The van der Waals surface area contributed by atoms with Gasteiger partial charge >= 0.3 is 0 Å². The molecule has 0 saturated heterocycles. The Morgan fingerprint density at radius 1 is 1.86 bits per heavy atom. The number of hydrogen-bond acceptors (Lipinski definition) is 2. The highest BCUT2D eigenvalue weighted by atomic mass is 32.1. The van der Waals surface area contributed by atoms with Gasteiger partial charge in [0.25, 0.3) is 5.17 Å². The first-order valence-electron chi connectivity index (χ1n) is 1.88. The maximum Gasteiger partial charge on any atom is 0.282 e. The number of aliphatic imine (C=N–C) groups is 1. The van der Waals surface area contributed by atoms with Crippen LogP contribution in [0.3, 0.4) is 0 Å². The molecular weight excluding hydrogens is 110 g/mol. The molecule has 40 valence electrons. The topological polar surface area (TPSA) is 21.6 Å². The maximum absolute atomic E-state index is 4.53. The van der Waals surface area contributed by atoms with Crippen molar-refractivity contribution in [2.45, 2.75) is 6.92 Å². The molecule has 0 aliphatic carbocycles. The zero-order valence-corrected chi connectivity index (χ0v) is 5.16. The van der Waals surface area contributed by atoms with Gasteiger partial charge in [-0.25, -0.2) is 4.99 Å². The van der Waals surface area contributed by atoms with Gasteiger partial charge in [-0.3, -0.25) is 0 Å². The van der Waals surface area contributed by atoms with Gasteiger partial charge in [0.2, 0.25) is 0 Å². The average molecular weight is 117 g/mol. The van der Waals surface area contributed by atoms with E-state index in [1.54, 1.807) is 13.1 Å². The summed E-state index contributed by atoms with van der Waals surface area (Å²) in [6.45, 7) is 1.78. The van der Waals surface area contributed by atoms with Crippen molar-refractivity contribution in [3.05, 3.63) is 0 Å². The second-order valence-corrected chi connectivity index (χ2v) is 1.21. The summed E-state index contributed by atoms with van der Waals surface area (Å²) >= 11 is 4.53. The number of hydrogen-bond donors (Lipinski definition) is 0. The van der Waals surface area contributed by atoms with Crippen LogP contribution in [0.4, 0.5) is 0 Å². The standard InChI is InChI=1S/C4H7NOS/c1-3-5-4(7)6-2/h3H,1-2H3. The largest absolute Gasteiger partial charge is 0.473 e. The van der Waals surface area contributed by atoms with E-state index in [1.165, 1.54) is 7.11 Å². The minimum atomic E-state index is 0.280. The van der Waals surface area contributed by atoms with Crippen LogP contribution in [0.2, 0.25) is 0 Å². The smallest absolute Gasteiger partial charge is 0.282 e. The van der Waals surface area contributed by atoms with Gasteiger partial charge in [0, 0.05) is 6.21 Å². The summed E-state index contributed by atoms with van der Waals surface area (Å²) in [5.74, 6) is 0. The molecule has 3 heteroatoms. The van der Waals surface area contributed by atoms with E-state index in [0.29, 0.717) is 0 Å². The van der Waals surface area contributed by atoms with Gasteiger partial charge in [0.1, 0.15) is 0 Å². The molecule has 7 heavy (non-hydrogen) atoms. The zero-order valence-electron chi connectivity index (χ0n) is 4.34. The lowest BCUT2D eigenvalue weighted by atomic mass is 10.9. The van der Waals surface area contributed by atoms with E-state index in [9.17, 15) is 0 Å². The van der Waals surface area contributed by atoms with E-state index in [4.69, 9.17) is 0 Å². The van der Waals surface area contributed by atoms with Gasteiger partial charge in [0.15, 0.2) is 0 Å². The van der Waals surface area contributed by atoms with Crippen LogP contribution in [0, 0.1) is 0 Å². The number of methoxy groups -OCH3 is 1. The Labute approximate surface area is 48.2 Å². The Balaban J connectivity index is 3.37. The molecular formula is C4H7NOS. The Morgan fingerprint density at radius 2 is 2.43 bits per heavy atom. The molecule has 2 nitrogen and oxygen atoms in total. The van der Waals surface area contributed by atoms with Crippen LogP contribution in [0.5, 0.6) is 0 Å². The Kier molecular flexibility index (Phi) is 3.50. The second kappa shape index (κ2) is 3.74. The highest BCUT2D eigenvalue weighted by molar-refractivity contribution is 7.80. The third-order valence-corrected chi connectivity index (χ3v) is 0.681. The number of ether oxygens (including phenoxy) is 1.